The van der Waals surface area contributed by atoms with Gasteiger partial charge in [-0.2, -0.15) is 0 Å². The van der Waals surface area contributed by atoms with Crippen LogP contribution in [-0.2, 0) is 0 Å². The number of ether oxygens (including phenoxy) is 2. The maximum atomic E-state index is 5.65. The Balaban J connectivity index is 1.79. The van der Waals surface area contributed by atoms with Gasteiger partial charge in [0.25, 0.3) is 0 Å². The number of hydrogen-bond acceptors (Lipinski definition) is 3. The van der Waals surface area contributed by atoms with Crippen LogP contribution in [0.4, 0.5) is 5.69 Å². The molecule has 3 heteroatoms. The van der Waals surface area contributed by atoms with Crippen molar-refractivity contribution in [2.24, 2.45) is 0 Å². The van der Waals surface area contributed by atoms with Crippen molar-refractivity contribution in [1.29, 1.82) is 0 Å². The Bertz CT molecular complexity index is 508. The molecular formula is C16H19NO2. The predicted octanol–water partition coefficient (Wildman–Crippen LogP) is 3.49. The van der Waals surface area contributed by atoms with E-state index in [1.807, 2.05) is 48.5 Å². The summed E-state index contributed by atoms with van der Waals surface area (Å²) in [5.41, 5.74) is 2.22. The number of benzene rings is 2. The van der Waals surface area contributed by atoms with Gasteiger partial charge in [0.05, 0.1) is 12.8 Å². The van der Waals surface area contributed by atoms with Gasteiger partial charge in [-0.3, -0.25) is 0 Å². The average molecular weight is 257 g/mol. The topological polar surface area (TPSA) is 30.5 Å². The molecule has 19 heavy (non-hydrogen) atoms. The van der Waals surface area contributed by atoms with Crippen LogP contribution in [0, 0.1) is 6.92 Å². The first kappa shape index (κ1) is 13.3. The quantitative estimate of drug-likeness (QED) is 0.803. The van der Waals surface area contributed by atoms with E-state index < -0.39 is 0 Å². The van der Waals surface area contributed by atoms with Gasteiger partial charge in [0.15, 0.2) is 0 Å². The van der Waals surface area contributed by atoms with Crippen LogP contribution in [0.2, 0.25) is 0 Å². The Labute approximate surface area is 114 Å². The fraction of sp³-hybridized carbons (Fsp3) is 0.250. The number of nitrogens with one attached hydrogen (secondary N) is 1. The molecule has 1 N–H and O–H groups in total. The lowest BCUT2D eigenvalue weighted by molar-refractivity contribution is 0.332. The maximum Gasteiger partial charge on any atom is 0.141 e. The number of para-hydroxylation sites is 2. The van der Waals surface area contributed by atoms with Gasteiger partial charge < -0.3 is 14.8 Å². The van der Waals surface area contributed by atoms with Crippen molar-refractivity contribution in [3.63, 3.8) is 0 Å². The van der Waals surface area contributed by atoms with Crippen molar-refractivity contribution in [2.45, 2.75) is 6.92 Å². The number of aryl methyl sites for hydroxylation is 1. The van der Waals surface area contributed by atoms with Crippen molar-refractivity contribution in [2.75, 3.05) is 25.6 Å². The van der Waals surface area contributed by atoms with Gasteiger partial charge in [0.1, 0.15) is 18.1 Å². The zero-order valence-electron chi connectivity index (χ0n) is 11.3. The highest BCUT2D eigenvalue weighted by Crippen LogP contribution is 2.22. The van der Waals surface area contributed by atoms with Gasteiger partial charge in [-0.05, 0) is 31.2 Å². The molecule has 0 aromatic heterocycles. The Morgan fingerprint density at radius 2 is 1.74 bits per heavy atom. The molecule has 0 aliphatic carbocycles. The fourth-order valence-electron chi connectivity index (χ4n) is 1.78. The molecule has 0 atom stereocenters. The van der Waals surface area contributed by atoms with E-state index in [9.17, 15) is 0 Å². The highest BCUT2D eigenvalue weighted by molar-refractivity contribution is 5.56. The lowest BCUT2D eigenvalue weighted by atomic mass is 10.2. The van der Waals surface area contributed by atoms with Crippen LogP contribution in [0.25, 0.3) is 0 Å². The monoisotopic (exact) mass is 257 g/mol. The van der Waals surface area contributed by atoms with E-state index in [0.29, 0.717) is 6.61 Å². The zero-order valence-corrected chi connectivity index (χ0v) is 11.3. The minimum atomic E-state index is 0.612. The average Bonchev–Trinajstić information content (AvgIpc) is 2.46. The normalized spacial score (nSPS) is 10.0. The standard InChI is InChI=1S/C16H19NO2/c1-13-7-9-14(10-8-13)19-12-11-17-15-5-3-4-6-16(15)18-2/h3-10,17H,11-12H2,1-2H3. The lowest BCUT2D eigenvalue weighted by Gasteiger charge is -2.11. The highest BCUT2D eigenvalue weighted by atomic mass is 16.5. The number of hydrogen-bond donors (Lipinski definition) is 1. The van der Waals surface area contributed by atoms with E-state index in [-0.39, 0.29) is 0 Å². The summed E-state index contributed by atoms with van der Waals surface area (Å²) >= 11 is 0. The maximum absolute atomic E-state index is 5.65. The van der Waals surface area contributed by atoms with E-state index >= 15 is 0 Å². The summed E-state index contributed by atoms with van der Waals surface area (Å²) in [7, 11) is 1.67. The summed E-state index contributed by atoms with van der Waals surface area (Å²) in [6, 6.07) is 15.9. The van der Waals surface area contributed by atoms with Gasteiger partial charge in [0.2, 0.25) is 0 Å². The molecule has 0 heterocycles. The summed E-state index contributed by atoms with van der Waals surface area (Å²) in [5.74, 6) is 1.74. The second kappa shape index (κ2) is 6.69. The van der Waals surface area contributed by atoms with Crippen molar-refractivity contribution < 1.29 is 9.47 Å². The van der Waals surface area contributed by atoms with Crippen LogP contribution < -0.4 is 14.8 Å². The third-order valence-corrected chi connectivity index (χ3v) is 2.81. The fourth-order valence-corrected chi connectivity index (χ4v) is 1.78. The Morgan fingerprint density at radius 3 is 2.47 bits per heavy atom. The minimum absolute atomic E-state index is 0.612. The second-order valence-corrected chi connectivity index (χ2v) is 4.29. The van der Waals surface area contributed by atoms with Crippen LogP contribution in [0.3, 0.4) is 0 Å². The molecule has 0 saturated heterocycles. The SMILES string of the molecule is COc1ccccc1NCCOc1ccc(C)cc1. The number of anilines is 1. The first-order valence-corrected chi connectivity index (χ1v) is 6.36. The van der Waals surface area contributed by atoms with Gasteiger partial charge in [-0.25, -0.2) is 0 Å². The Hall–Kier alpha value is -2.16. The van der Waals surface area contributed by atoms with Gasteiger partial charge >= 0.3 is 0 Å². The molecule has 0 saturated carbocycles. The van der Waals surface area contributed by atoms with E-state index in [1.54, 1.807) is 7.11 Å². The van der Waals surface area contributed by atoms with E-state index in [4.69, 9.17) is 9.47 Å². The highest BCUT2D eigenvalue weighted by Gasteiger charge is 2.00. The molecule has 2 rings (SSSR count). The molecule has 0 spiro atoms. The van der Waals surface area contributed by atoms with Crippen molar-refractivity contribution >= 4 is 5.69 Å². The molecule has 0 unspecified atom stereocenters. The van der Waals surface area contributed by atoms with Gasteiger partial charge in [0, 0.05) is 6.54 Å². The van der Waals surface area contributed by atoms with Crippen LogP contribution in [0.5, 0.6) is 11.5 Å². The molecule has 0 fully saturated rings. The van der Waals surface area contributed by atoms with Gasteiger partial charge in [-0.1, -0.05) is 29.8 Å². The van der Waals surface area contributed by atoms with Crippen LogP contribution in [0.15, 0.2) is 48.5 Å². The first-order valence-electron chi connectivity index (χ1n) is 6.36. The third-order valence-electron chi connectivity index (χ3n) is 2.81. The molecule has 3 nitrogen and oxygen atoms in total. The molecule has 0 bridgehead atoms. The number of rotatable bonds is 6. The number of methoxy groups -OCH3 is 1. The van der Waals surface area contributed by atoms with Crippen LogP contribution >= 0.6 is 0 Å². The van der Waals surface area contributed by atoms with E-state index in [2.05, 4.69) is 12.2 Å². The predicted molar refractivity (Wildman–Crippen MR) is 78.2 cm³/mol. The second-order valence-electron chi connectivity index (χ2n) is 4.29. The summed E-state index contributed by atoms with van der Waals surface area (Å²) in [4.78, 5) is 0. The largest absolute Gasteiger partial charge is 0.495 e. The zero-order chi connectivity index (χ0) is 13.5. The molecule has 0 amide bonds. The van der Waals surface area contributed by atoms with Gasteiger partial charge in [-0.15, -0.1) is 0 Å². The van der Waals surface area contributed by atoms with Crippen LogP contribution in [0.1, 0.15) is 5.56 Å². The molecule has 2 aromatic carbocycles. The Morgan fingerprint density at radius 1 is 1.00 bits per heavy atom. The van der Waals surface area contributed by atoms with E-state index in [0.717, 1.165) is 23.7 Å². The van der Waals surface area contributed by atoms with Crippen LogP contribution in [-0.4, -0.2) is 20.3 Å². The Kier molecular flexibility index (Phi) is 4.67. The summed E-state index contributed by atoms with van der Waals surface area (Å²) < 4.78 is 10.9. The summed E-state index contributed by atoms with van der Waals surface area (Å²) in [6.45, 7) is 3.41. The molecule has 2 aromatic rings. The third kappa shape index (κ3) is 3.91. The minimum Gasteiger partial charge on any atom is -0.495 e. The summed E-state index contributed by atoms with van der Waals surface area (Å²) in [5, 5.41) is 3.30. The lowest BCUT2D eigenvalue weighted by Crippen LogP contribution is -2.12. The molecule has 0 aliphatic heterocycles. The van der Waals surface area contributed by atoms with Crippen molar-refractivity contribution in [3.05, 3.63) is 54.1 Å². The smallest absolute Gasteiger partial charge is 0.141 e. The van der Waals surface area contributed by atoms with E-state index in [1.165, 1.54) is 5.56 Å². The first-order chi connectivity index (χ1) is 9.29. The van der Waals surface area contributed by atoms with Crippen molar-refractivity contribution in [3.8, 4) is 11.5 Å². The van der Waals surface area contributed by atoms with Crippen molar-refractivity contribution in [1.82, 2.24) is 0 Å². The molecule has 0 aliphatic rings. The molecule has 100 valence electrons. The molecular weight excluding hydrogens is 238 g/mol. The molecule has 0 radical (unpaired) electrons. The summed E-state index contributed by atoms with van der Waals surface area (Å²) in [6.07, 6.45) is 0.